The van der Waals surface area contributed by atoms with Crippen molar-refractivity contribution in [2.24, 2.45) is 5.92 Å². The maximum atomic E-state index is 11.7. The Bertz CT molecular complexity index is 509. The number of benzene rings is 1. The molecule has 0 spiro atoms. The van der Waals surface area contributed by atoms with E-state index in [1.54, 1.807) is 0 Å². The second kappa shape index (κ2) is 8.04. The zero-order valence-corrected chi connectivity index (χ0v) is 12.2. The van der Waals surface area contributed by atoms with Crippen LogP contribution in [0.2, 0.25) is 0 Å². The molecule has 0 aliphatic carbocycles. The average Bonchev–Trinajstić information content (AvgIpc) is 2.38. The molecule has 1 rings (SSSR count). The third-order valence-corrected chi connectivity index (χ3v) is 2.78. The molecule has 0 fully saturated rings. The van der Waals surface area contributed by atoms with Gasteiger partial charge in [-0.15, -0.1) is 0 Å². The molecule has 0 radical (unpaired) electrons. The minimum atomic E-state index is -1.03. The van der Waals surface area contributed by atoms with E-state index in [1.807, 2.05) is 0 Å². The van der Waals surface area contributed by atoms with Crippen LogP contribution in [0.3, 0.4) is 0 Å². The molecule has 0 heterocycles. The van der Waals surface area contributed by atoms with Gasteiger partial charge in [-0.2, -0.15) is 0 Å². The number of nitrogens with one attached hydrogen (secondary N) is 2. The summed E-state index contributed by atoms with van der Waals surface area (Å²) >= 11 is 0. The predicted molar refractivity (Wildman–Crippen MR) is 79.1 cm³/mol. The Morgan fingerprint density at radius 3 is 2.24 bits per heavy atom. The highest BCUT2D eigenvalue weighted by molar-refractivity contribution is 6.03. The molecule has 0 saturated heterocycles. The number of hydrogen-bond acceptors (Lipinski definition) is 3. The van der Waals surface area contributed by atoms with Gasteiger partial charge in [0.15, 0.2) is 0 Å². The van der Waals surface area contributed by atoms with E-state index in [9.17, 15) is 14.4 Å². The quantitative estimate of drug-likeness (QED) is 0.669. The van der Waals surface area contributed by atoms with E-state index >= 15 is 0 Å². The molecule has 0 aromatic heterocycles. The highest BCUT2D eigenvalue weighted by Crippen LogP contribution is 2.09. The van der Waals surface area contributed by atoms with Gasteiger partial charge in [-0.3, -0.25) is 9.59 Å². The van der Waals surface area contributed by atoms with Crippen LogP contribution in [0.25, 0.3) is 0 Å². The summed E-state index contributed by atoms with van der Waals surface area (Å²) in [5.74, 6) is -1.29. The van der Waals surface area contributed by atoms with E-state index in [0.29, 0.717) is 18.2 Å². The summed E-state index contributed by atoms with van der Waals surface area (Å²) < 4.78 is 0. The summed E-state index contributed by atoms with van der Waals surface area (Å²) in [6.45, 7) is 4.66. The second-order valence-corrected chi connectivity index (χ2v) is 5.14. The number of carbonyl (C=O) groups is 3. The monoisotopic (exact) mass is 292 g/mol. The number of carboxylic acids is 1. The lowest BCUT2D eigenvalue weighted by atomic mass is 10.1. The molecule has 0 aliphatic heterocycles. The number of carboxylic acid groups (broad SMARTS) is 1. The maximum Gasteiger partial charge on any atom is 0.335 e. The highest BCUT2D eigenvalue weighted by atomic mass is 16.4. The van der Waals surface area contributed by atoms with Crippen LogP contribution in [0.1, 0.15) is 37.0 Å². The van der Waals surface area contributed by atoms with Gasteiger partial charge in [-0.25, -0.2) is 4.79 Å². The summed E-state index contributed by atoms with van der Waals surface area (Å²) in [7, 11) is 0. The topological polar surface area (TPSA) is 95.5 Å². The standard InChI is InChI=1S/C15H20N2O4/c1-10(2)7-8-16-13(18)9-14(19)17-12-5-3-11(4-6-12)15(20)21/h3-6,10H,7-9H2,1-2H3,(H,16,18)(H,17,19)(H,20,21). The normalized spacial score (nSPS) is 10.2. The maximum absolute atomic E-state index is 11.7. The molecule has 0 bridgehead atoms. The lowest BCUT2D eigenvalue weighted by Crippen LogP contribution is -2.29. The molecule has 2 amide bonds. The first-order valence-electron chi connectivity index (χ1n) is 6.78. The van der Waals surface area contributed by atoms with Gasteiger partial charge in [-0.05, 0) is 36.6 Å². The van der Waals surface area contributed by atoms with Crippen molar-refractivity contribution in [1.82, 2.24) is 5.32 Å². The molecule has 1 aromatic carbocycles. The Labute approximate surface area is 123 Å². The summed E-state index contributed by atoms with van der Waals surface area (Å²) in [6.07, 6.45) is 0.614. The van der Waals surface area contributed by atoms with Crippen molar-refractivity contribution >= 4 is 23.5 Å². The summed E-state index contributed by atoms with van der Waals surface area (Å²) in [5.41, 5.74) is 0.597. The van der Waals surface area contributed by atoms with Gasteiger partial charge >= 0.3 is 5.97 Å². The number of hydrogen-bond donors (Lipinski definition) is 3. The van der Waals surface area contributed by atoms with Gasteiger partial charge in [0.05, 0.1) is 5.56 Å². The second-order valence-electron chi connectivity index (χ2n) is 5.14. The van der Waals surface area contributed by atoms with Crippen LogP contribution in [0.15, 0.2) is 24.3 Å². The number of aromatic carboxylic acids is 1. The largest absolute Gasteiger partial charge is 0.478 e. The first-order chi connectivity index (χ1) is 9.88. The molecule has 0 atom stereocenters. The Morgan fingerprint density at radius 2 is 1.71 bits per heavy atom. The van der Waals surface area contributed by atoms with Crippen LogP contribution in [-0.4, -0.2) is 29.4 Å². The molecule has 114 valence electrons. The van der Waals surface area contributed by atoms with E-state index in [-0.39, 0.29) is 17.9 Å². The number of anilines is 1. The van der Waals surface area contributed by atoms with Crippen molar-refractivity contribution in [1.29, 1.82) is 0 Å². The first kappa shape index (κ1) is 16.7. The molecule has 21 heavy (non-hydrogen) atoms. The average molecular weight is 292 g/mol. The predicted octanol–water partition coefficient (Wildman–Crippen LogP) is 1.88. The zero-order valence-electron chi connectivity index (χ0n) is 12.2. The molecule has 6 heteroatoms. The molecule has 1 aromatic rings. The van der Waals surface area contributed by atoms with Crippen LogP contribution in [0.5, 0.6) is 0 Å². The van der Waals surface area contributed by atoms with Gasteiger partial charge in [0, 0.05) is 12.2 Å². The van der Waals surface area contributed by atoms with Crippen molar-refractivity contribution in [3.63, 3.8) is 0 Å². The van der Waals surface area contributed by atoms with Crippen molar-refractivity contribution < 1.29 is 19.5 Å². The smallest absolute Gasteiger partial charge is 0.335 e. The lowest BCUT2D eigenvalue weighted by Gasteiger charge is -2.08. The minimum Gasteiger partial charge on any atom is -0.478 e. The van der Waals surface area contributed by atoms with Crippen LogP contribution in [-0.2, 0) is 9.59 Å². The van der Waals surface area contributed by atoms with Gasteiger partial charge in [-0.1, -0.05) is 13.8 Å². The van der Waals surface area contributed by atoms with Crippen molar-refractivity contribution in [3.8, 4) is 0 Å². The van der Waals surface area contributed by atoms with Crippen LogP contribution in [0, 0.1) is 5.92 Å². The van der Waals surface area contributed by atoms with E-state index in [2.05, 4.69) is 24.5 Å². The van der Waals surface area contributed by atoms with Gasteiger partial charge in [0.25, 0.3) is 0 Å². The van der Waals surface area contributed by atoms with Crippen LogP contribution in [0.4, 0.5) is 5.69 Å². The molecule has 3 N–H and O–H groups in total. The minimum absolute atomic E-state index is 0.138. The summed E-state index contributed by atoms with van der Waals surface area (Å²) in [6, 6.07) is 5.75. The summed E-state index contributed by atoms with van der Waals surface area (Å²) in [5, 5.41) is 14.0. The van der Waals surface area contributed by atoms with E-state index < -0.39 is 11.9 Å². The Morgan fingerprint density at radius 1 is 1.10 bits per heavy atom. The van der Waals surface area contributed by atoms with Crippen molar-refractivity contribution in [2.45, 2.75) is 26.7 Å². The molecular weight excluding hydrogens is 272 g/mol. The molecule has 0 unspecified atom stereocenters. The van der Waals surface area contributed by atoms with E-state index in [0.717, 1.165) is 6.42 Å². The third kappa shape index (κ3) is 6.56. The van der Waals surface area contributed by atoms with Gasteiger partial charge < -0.3 is 15.7 Å². The number of rotatable bonds is 7. The number of amides is 2. The van der Waals surface area contributed by atoms with Crippen molar-refractivity contribution in [2.75, 3.05) is 11.9 Å². The highest BCUT2D eigenvalue weighted by Gasteiger charge is 2.10. The Kier molecular flexibility index (Phi) is 6.39. The lowest BCUT2D eigenvalue weighted by molar-refractivity contribution is -0.126. The SMILES string of the molecule is CC(C)CCNC(=O)CC(=O)Nc1ccc(C(=O)O)cc1. The van der Waals surface area contributed by atoms with Gasteiger partial charge in [0.1, 0.15) is 6.42 Å². The fraction of sp³-hybridized carbons (Fsp3) is 0.400. The Balaban J connectivity index is 2.39. The van der Waals surface area contributed by atoms with E-state index in [1.165, 1.54) is 24.3 Å². The molecule has 0 saturated carbocycles. The van der Waals surface area contributed by atoms with Crippen molar-refractivity contribution in [3.05, 3.63) is 29.8 Å². The third-order valence-electron chi connectivity index (χ3n) is 2.78. The van der Waals surface area contributed by atoms with Crippen LogP contribution >= 0.6 is 0 Å². The first-order valence-corrected chi connectivity index (χ1v) is 6.78. The Hall–Kier alpha value is -2.37. The van der Waals surface area contributed by atoms with Gasteiger partial charge in [0.2, 0.25) is 11.8 Å². The molecular formula is C15H20N2O4. The molecule has 0 aliphatic rings. The fourth-order valence-corrected chi connectivity index (χ4v) is 1.61. The molecule has 6 nitrogen and oxygen atoms in total. The number of carbonyl (C=O) groups excluding carboxylic acids is 2. The zero-order chi connectivity index (χ0) is 15.8. The summed E-state index contributed by atoms with van der Waals surface area (Å²) in [4.78, 5) is 33.9. The van der Waals surface area contributed by atoms with E-state index in [4.69, 9.17) is 5.11 Å². The van der Waals surface area contributed by atoms with Crippen LogP contribution < -0.4 is 10.6 Å². The fourth-order valence-electron chi connectivity index (χ4n) is 1.61.